The molecule has 4 rings (SSSR count). The van der Waals surface area contributed by atoms with Gasteiger partial charge >= 0.3 is 0 Å². The van der Waals surface area contributed by atoms with Crippen molar-refractivity contribution in [3.63, 3.8) is 0 Å². The molecule has 1 amide bonds. The van der Waals surface area contributed by atoms with Gasteiger partial charge in [0.05, 0.1) is 19.1 Å². The Morgan fingerprint density at radius 3 is 2.45 bits per heavy atom. The van der Waals surface area contributed by atoms with E-state index in [4.69, 9.17) is 9.47 Å². The molecule has 2 aliphatic rings. The Balaban J connectivity index is 1.70. The number of nitro benzene ring substituents is 1. The van der Waals surface area contributed by atoms with E-state index >= 15 is 0 Å². The van der Waals surface area contributed by atoms with Crippen LogP contribution in [-0.2, 0) is 9.59 Å². The topological polar surface area (TPSA) is 108 Å². The molecule has 160 valence electrons. The summed E-state index contributed by atoms with van der Waals surface area (Å²) in [4.78, 5) is 36.3. The highest BCUT2D eigenvalue weighted by molar-refractivity contribution is 6.02. The van der Waals surface area contributed by atoms with Crippen LogP contribution in [0.3, 0.4) is 0 Å². The predicted molar refractivity (Wildman–Crippen MR) is 112 cm³/mol. The van der Waals surface area contributed by atoms with Gasteiger partial charge in [0, 0.05) is 42.2 Å². The number of hydrogen-bond donors (Lipinski definition) is 1. The molecule has 1 heterocycles. The summed E-state index contributed by atoms with van der Waals surface area (Å²) in [5.41, 5.74) is 2.62. The molecular formula is C23H22N2O6. The van der Waals surface area contributed by atoms with Crippen molar-refractivity contribution in [3.8, 4) is 11.5 Å². The second kappa shape index (κ2) is 8.22. The van der Waals surface area contributed by atoms with Gasteiger partial charge in [-0.25, -0.2) is 0 Å². The van der Waals surface area contributed by atoms with Crippen molar-refractivity contribution in [2.45, 2.75) is 31.1 Å². The van der Waals surface area contributed by atoms with Gasteiger partial charge in [-0.1, -0.05) is 18.2 Å². The van der Waals surface area contributed by atoms with Gasteiger partial charge in [0.15, 0.2) is 17.3 Å². The zero-order valence-electron chi connectivity index (χ0n) is 17.2. The molecule has 8 heteroatoms. The Labute approximate surface area is 179 Å². The Hall–Kier alpha value is -3.68. The number of amides is 1. The third-order valence-electron chi connectivity index (χ3n) is 5.90. The van der Waals surface area contributed by atoms with E-state index in [9.17, 15) is 19.7 Å². The van der Waals surface area contributed by atoms with Gasteiger partial charge in [0.2, 0.25) is 5.91 Å². The van der Waals surface area contributed by atoms with E-state index in [-0.39, 0.29) is 36.1 Å². The van der Waals surface area contributed by atoms with Crippen molar-refractivity contribution in [3.05, 3.63) is 75.0 Å². The third kappa shape index (κ3) is 3.88. The van der Waals surface area contributed by atoms with Gasteiger partial charge in [0.25, 0.3) is 5.69 Å². The fourth-order valence-electron chi connectivity index (χ4n) is 4.44. The normalized spacial score (nSPS) is 20.7. The molecule has 2 aromatic carbocycles. The minimum atomic E-state index is -0.484. The molecule has 1 aliphatic heterocycles. The maximum Gasteiger partial charge on any atom is 0.269 e. The Morgan fingerprint density at radius 1 is 0.968 bits per heavy atom. The van der Waals surface area contributed by atoms with E-state index in [2.05, 4.69) is 5.32 Å². The second-order valence-corrected chi connectivity index (χ2v) is 7.69. The molecule has 1 aliphatic carbocycles. The maximum absolute atomic E-state index is 13.2. The van der Waals surface area contributed by atoms with Crippen molar-refractivity contribution >= 4 is 17.4 Å². The molecule has 2 atom stereocenters. The van der Waals surface area contributed by atoms with E-state index in [1.165, 1.54) is 12.1 Å². The average molecular weight is 422 g/mol. The zero-order valence-corrected chi connectivity index (χ0v) is 17.2. The number of nitro groups is 1. The smallest absolute Gasteiger partial charge is 0.269 e. The summed E-state index contributed by atoms with van der Waals surface area (Å²) in [7, 11) is 3.11. The van der Waals surface area contributed by atoms with Crippen molar-refractivity contribution < 1.29 is 24.0 Å². The monoisotopic (exact) mass is 422 g/mol. The highest BCUT2D eigenvalue weighted by Crippen LogP contribution is 2.44. The van der Waals surface area contributed by atoms with Crippen LogP contribution < -0.4 is 14.8 Å². The summed E-state index contributed by atoms with van der Waals surface area (Å²) in [5.74, 6) is 0.325. The second-order valence-electron chi connectivity index (χ2n) is 7.69. The lowest BCUT2D eigenvalue weighted by atomic mass is 9.73. The van der Waals surface area contributed by atoms with E-state index in [0.29, 0.717) is 34.8 Å². The van der Waals surface area contributed by atoms with E-state index in [1.54, 1.807) is 32.4 Å². The van der Waals surface area contributed by atoms with Crippen LogP contribution in [0.1, 0.15) is 42.2 Å². The van der Waals surface area contributed by atoms with Gasteiger partial charge in [-0.2, -0.15) is 0 Å². The first-order valence-electron chi connectivity index (χ1n) is 9.93. The first kappa shape index (κ1) is 20.6. The fraction of sp³-hybridized carbons (Fsp3) is 0.304. The summed E-state index contributed by atoms with van der Waals surface area (Å²) in [6, 6.07) is 11.7. The van der Waals surface area contributed by atoms with Crippen molar-refractivity contribution in [2.24, 2.45) is 0 Å². The van der Waals surface area contributed by atoms with E-state index in [1.807, 2.05) is 12.1 Å². The molecule has 0 unspecified atom stereocenters. The van der Waals surface area contributed by atoms with Gasteiger partial charge in [-0.15, -0.1) is 0 Å². The van der Waals surface area contributed by atoms with Crippen molar-refractivity contribution in [1.29, 1.82) is 0 Å². The van der Waals surface area contributed by atoms with Crippen LogP contribution in [0, 0.1) is 10.1 Å². The average Bonchev–Trinajstić information content (AvgIpc) is 2.77. The summed E-state index contributed by atoms with van der Waals surface area (Å²) in [5, 5.41) is 14.0. The number of benzene rings is 2. The molecule has 2 aromatic rings. The standard InChI is InChI=1S/C23H22N2O6/c1-30-20-7-6-13(11-21(20)31-2)15-9-18-23(19(26)10-15)17(12-22(27)24-18)14-4-3-5-16(8-14)25(28)29/h3-8,11,15,17H,9-10,12H2,1-2H3,(H,24,27)/t15-,17-/m1/s1. The lowest BCUT2D eigenvalue weighted by Crippen LogP contribution is -2.38. The summed E-state index contributed by atoms with van der Waals surface area (Å²) in [6.07, 6.45) is 0.871. The van der Waals surface area contributed by atoms with Crippen LogP contribution >= 0.6 is 0 Å². The van der Waals surface area contributed by atoms with Crippen LogP contribution in [0.4, 0.5) is 5.69 Å². The first-order chi connectivity index (χ1) is 14.9. The highest BCUT2D eigenvalue weighted by atomic mass is 16.6. The Morgan fingerprint density at radius 2 is 1.74 bits per heavy atom. The number of non-ortho nitro benzene ring substituents is 1. The summed E-state index contributed by atoms with van der Waals surface area (Å²) >= 11 is 0. The van der Waals surface area contributed by atoms with E-state index in [0.717, 1.165) is 5.56 Å². The number of carbonyl (C=O) groups is 2. The molecule has 8 nitrogen and oxygen atoms in total. The number of allylic oxidation sites excluding steroid dienone is 2. The number of hydrogen-bond acceptors (Lipinski definition) is 6. The van der Waals surface area contributed by atoms with Gasteiger partial charge in [-0.3, -0.25) is 19.7 Å². The van der Waals surface area contributed by atoms with Crippen LogP contribution in [0.25, 0.3) is 0 Å². The molecule has 0 radical (unpaired) electrons. The van der Waals surface area contributed by atoms with Crippen LogP contribution in [0.5, 0.6) is 11.5 Å². The third-order valence-corrected chi connectivity index (χ3v) is 5.90. The largest absolute Gasteiger partial charge is 0.493 e. The SMILES string of the molecule is COc1ccc([C@H]2CC(=O)C3=C(C2)NC(=O)C[C@@H]3c2cccc([N+](=O)[O-])c2)cc1OC. The van der Waals surface area contributed by atoms with Crippen molar-refractivity contribution in [1.82, 2.24) is 5.32 Å². The quantitative estimate of drug-likeness (QED) is 0.582. The molecule has 0 saturated heterocycles. The maximum atomic E-state index is 13.2. The molecule has 0 saturated carbocycles. The number of ketones is 1. The molecular weight excluding hydrogens is 400 g/mol. The minimum absolute atomic E-state index is 0.0578. The number of nitrogens with zero attached hydrogens (tertiary/aromatic N) is 1. The summed E-state index contributed by atoms with van der Waals surface area (Å²) < 4.78 is 10.7. The molecule has 31 heavy (non-hydrogen) atoms. The number of ether oxygens (including phenoxy) is 2. The predicted octanol–water partition coefficient (Wildman–Crippen LogP) is 3.62. The molecule has 0 aromatic heterocycles. The molecule has 0 bridgehead atoms. The van der Waals surface area contributed by atoms with Crippen LogP contribution in [0.2, 0.25) is 0 Å². The number of methoxy groups -OCH3 is 2. The Bertz CT molecular complexity index is 1110. The van der Waals surface area contributed by atoms with E-state index < -0.39 is 10.8 Å². The van der Waals surface area contributed by atoms with Gasteiger partial charge in [0.1, 0.15) is 0 Å². The lowest BCUT2D eigenvalue weighted by molar-refractivity contribution is -0.384. The zero-order chi connectivity index (χ0) is 22.1. The molecule has 0 spiro atoms. The van der Waals surface area contributed by atoms with Gasteiger partial charge in [-0.05, 0) is 35.6 Å². The van der Waals surface area contributed by atoms with Gasteiger partial charge < -0.3 is 14.8 Å². The Kier molecular flexibility index (Phi) is 5.46. The highest BCUT2D eigenvalue weighted by Gasteiger charge is 2.38. The number of rotatable bonds is 5. The molecule has 0 fully saturated rings. The first-order valence-corrected chi connectivity index (χ1v) is 9.93. The summed E-state index contributed by atoms with van der Waals surface area (Å²) in [6.45, 7) is 0. The molecule has 1 N–H and O–H groups in total. The number of nitrogens with one attached hydrogen (secondary N) is 1. The number of Topliss-reactive ketones (excluding diaryl/α,β-unsaturated/α-hetero) is 1. The minimum Gasteiger partial charge on any atom is -0.493 e. The van der Waals surface area contributed by atoms with Crippen molar-refractivity contribution in [2.75, 3.05) is 14.2 Å². The lowest BCUT2D eigenvalue weighted by Gasteiger charge is -2.34. The van der Waals surface area contributed by atoms with Crippen LogP contribution in [-0.4, -0.2) is 30.8 Å². The fourth-order valence-corrected chi connectivity index (χ4v) is 4.44. The van der Waals surface area contributed by atoms with Crippen LogP contribution in [0.15, 0.2) is 53.7 Å². The number of carbonyl (C=O) groups excluding carboxylic acids is 2.